The minimum atomic E-state index is -0.567. The van der Waals surface area contributed by atoms with Gasteiger partial charge in [-0.2, -0.15) is 0 Å². The molecule has 2 aromatic carbocycles. The first kappa shape index (κ1) is 20.0. The van der Waals surface area contributed by atoms with Crippen LogP contribution in [0.25, 0.3) is 0 Å². The molecule has 2 aromatic rings. The van der Waals surface area contributed by atoms with Crippen LogP contribution in [0.5, 0.6) is 0 Å². The Morgan fingerprint density at radius 1 is 0.852 bits per heavy atom. The first-order valence-corrected chi connectivity index (χ1v) is 8.34. The van der Waals surface area contributed by atoms with Gasteiger partial charge in [0.15, 0.2) is 6.61 Å². The number of hydrogen-bond donors (Lipinski definition) is 1. The number of ether oxygens (including phenoxy) is 1. The molecule has 7 heteroatoms. The van der Waals surface area contributed by atoms with E-state index in [2.05, 4.69) is 5.32 Å². The number of benzene rings is 2. The third kappa shape index (κ3) is 5.57. The number of hydrogen-bond acceptors (Lipinski definition) is 5. The van der Waals surface area contributed by atoms with Crippen molar-refractivity contribution in [3.05, 3.63) is 59.7 Å². The van der Waals surface area contributed by atoms with Gasteiger partial charge in [-0.1, -0.05) is 0 Å². The summed E-state index contributed by atoms with van der Waals surface area (Å²) in [5, 5.41) is 2.62. The smallest absolute Gasteiger partial charge is 0.338 e. The summed E-state index contributed by atoms with van der Waals surface area (Å²) in [6.45, 7) is -0.396. The number of carbonyl (C=O) groups is 3. The monoisotopic (exact) mass is 369 g/mol. The average Bonchev–Trinajstić information content (AvgIpc) is 2.66. The van der Waals surface area contributed by atoms with E-state index in [0.29, 0.717) is 16.8 Å². The van der Waals surface area contributed by atoms with E-state index >= 15 is 0 Å². The van der Waals surface area contributed by atoms with Gasteiger partial charge in [0.1, 0.15) is 0 Å². The minimum absolute atomic E-state index is 0.123. The van der Waals surface area contributed by atoms with E-state index in [4.69, 9.17) is 4.74 Å². The molecule has 142 valence electrons. The van der Waals surface area contributed by atoms with Crippen LogP contribution in [0, 0.1) is 0 Å². The highest BCUT2D eigenvalue weighted by Gasteiger charge is 2.12. The van der Waals surface area contributed by atoms with E-state index in [1.165, 1.54) is 4.90 Å². The highest BCUT2D eigenvalue weighted by atomic mass is 16.5. The Labute approximate surface area is 158 Å². The van der Waals surface area contributed by atoms with Gasteiger partial charge in [0.2, 0.25) is 0 Å². The first-order chi connectivity index (χ1) is 12.8. The van der Waals surface area contributed by atoms with Crippen molar-refractivity contribution >= 4 is 29.2 Å². The number of nitrogens with zero attached hydrogens (tertiary/aromatic N) is 2. The normalized spacial score (nSPS) is 10.1. The van der Waals surface area contributed by atoms with E-state index in [9.17, 15) is 14.4 Å². The van der Waals surface area contributed by atoms with Crippen LogP contribution in [0.4, 0.5) is 11.4 Å². The van der Waals surface area contributed by atoms with Crippen molar-refractivity contribution in [2.24, 2.45) is 0 Å². The van der Waals surface area contributed by atoms with Gasteiger partial charge >= 0.3 is 5.97 Å². The summed E-state index contributed by atoms with van der Waals surface area (Å²) < 4.78 is 5.03. The fraction of sp³-hybridized carbons (Fsp3) is 0.250. The van der Waals surface area contributed by atoms with E-state index < -0.39 is 18.5 Å². The van der Waals surface area contributed by atoms with Crippen molar-refractivity contribution in [1.29, 1.82) is 0 Å². The van der Waals surface area contributed by atoms with E-state index in [0.717, 1.165) is 5.69 Å². The van der Waals surface area contributed by atoms with Gasteiger partial charge in [-0.05, 0) is 48.5 Å². The minimum Gasteiger partial charge on any atom is -0.452 e. The molecule has 0 bridgehead atoms. The molecule has 0 aliphatic rings. The number of anilines is 2. The summed E-state index contributed by atoms with van der Waals surface area (Å²) in [7, 11) is 7.14. The standard InChI is InChI=1S/C20H23N3O4/c1-22(2)17-11-7-15(8-12-17)20(26)27-13-18(24)21-16-9-5-14(6-10-16)19(25)23(3)4/h5-12H,13H2,1-4H3,(H,21,24). The second-order valence-corrected chi connectivity index (χ2v) is 6.34. The van der Waals surface area contributed by atoms with Gasteiger partial charge in [-0.15, -0.1) is 0 Å². The molecule has 0 aliphatic carbocycles. The van der Waals surface area contributed by atoms with Gasteiger partial charge in [0.25, 0.3) is 11.8 Å². The summed E-state index contributed by atoms with van der Waals surface area (Å²) >= 11 is 0. The number of amides is 2. The Morgan fingerprint density at radius 3 is 1.93 bits per heavy atom. The fourth-order valence-corrected chi connectivity index (χ4v) is 2.26. The zero-order chi connectivity index (χ0) is 20.0. The highest BCUT2D eigenvalue weighted by Crippen LogP contribution is 2.13. The van der Waals surface area contributed by atoms with Gasteiger partial charge < -0.3 is 19.9 Å². The molecule has 0 spiro atoms. The molecule has 0 saturated carbocycles. The van der Waals surface area contributed by atoms with Crippen molar-refractivity contribution in [1.82, 2.24) is 4.90 Å². The lowest BCUT2D eigenvalue weighted by molar-refractivity contribution is -0.119. The van der Waals surface area contributed by atoms with Crippen molar-refractivity contribution in [2.75, 3.05) is 45.0 Å². The number of carbonyl (C=O) groups excluding carboxylic acids is 3. The molecule has 0 saturated heterocycles. The Morgan fingerprint density at radius 2 is 1.41 bits per heavy atom. The molecule has 27 heavy (non-hydrogen) atoms. The fourth-order valence-electron chi connectivity index (χ4n) is 2.26. The number of nitrogens with one attached hydrogen (secondary N) is 1. The van der Waals surface area contributed by atoms with Crippen LogP contribution in [-0.2, 0) is 9.53 Å². The molecule has 0 unspecified atom stereocenters. The van der Waals surface area contributed by atoms with Crippen LogP contribution >= 0.6 is 0 Å². The van der Waals surface area contributed by atoms with E-state index in [-0.39, 0.29) is 5.91 Å². The Balaban J connectivity index is 1.86. The molecular formula is C20H23N3O4. The topological polar surface area (TPSA) is 79.0 Å². The predicted molar refractivity (Wildman–Crippen MR) is 104 cm³/mol. The van der Waals surface area contributed by atoms with Crippen LogP contribution in [0.3, 0.4) is 0 Å². The second kappa shape index (κ2) is 8.84. The molecule has 1 N–H and O–H groups in total. The zero-order valence-electron chi connectivity index (χ0n) is 15.9. The third-order valence-electron chi connectivity index (χ3n) is 3.78. The average molecular weight is 369 g/mol. The quantitative estimate of drug-likeness (QED) is 0.790. The zero-order valence-corrected chi connectivity index (χ0v) is 15.9. The van der Waals surface area contributed by atoms with Gasteiger partial charge in [-0.25, -0.2) is 4.79 Å². The highest BCUT2D eigenvalue weighted by molar-refractivity contribution is 5.97. The Kier molecular flexibility index (Phi) is 6.54. The maximum Gasteiger partial charge on any atom is 0.338 e. The molecule has 2 amide bonds. The number of esters is 1. The molecule has 7 nitrogen and oxygen atoms in total. The molecule has 0 aromatic heterocycles. The van der Waals surface area contributed by atoms with Crippen LogP contribution < -0.4 is 10.2 Å². The molecule has 0 aliphatic heterocycles. The van der Waals surface area contributed by atoms with Crippen molar-refractivity contribution in [3.8, 4) is 0 Å². The van der Waals surface area contributed by atoms with E-state index in [1.807, 2.05) is 19.0 Å². The summed E-state index contributed by atoms with van der Waals surface area (Å²) in [4.78, 5) is 39.2. The maximum atomic E-state index is 12.0. The van der Waals surface area contributed by atoms with Gasteiger partial charge in [0, 0.05) is 45.1 Å². The summed E-state index contributed by atoms with van der Waals surface area (Å²) in [5.74, 6) is -1.15. The van der Waals surface area contributed by atoms with Crippen LogP contribution in [0.2, 0.25) is 0 Å². The van der Waals surface area contributed by atoms with Crippen molar-refractivity contribution < 1.29 is 19.1 Å². The maximum absolute atomic E-state index is 12.0. The molecule has 2 rings (SSSR count). The van der Waals surface area contributed by atoms with Crippen molar-refractivity contribution in [2.45, 2.75) is 0 Å². The summed E-state index contributed by atoms with van der Waals surface area (Å²) in [5.41, 5.74) is 2.37. The Hall–Kier alpha value is -3.35. The molecule has 0 fully saturated rings. The third-order valence-corrected chi connectivity index (χ3v) is 3.78. The molecular weight excluding hydrogens is 346 g/mol. The lowest BCUT2D eigenvalue weighted by atomic mass is 10.2. The van der Waals surface area contributed by atoms with Crippen molar-refractivity contribution in [3.63, 3.8) is 0 Å². The predicted octanol–water partition coefficient (Wildman–Crippen LogP) is 2.25. The Bertz CT molecular complexity index is 812. The van der Waals surface area contributed by atoms with E-state index in [1.54, 1.807) is 62.6 Å². The SMILES string of the molecule is CN(C)C(=O)c1ccc(NC(=O)COC(=O)c2ccc(N(C)C)cc2)cc1. The first-order valence-electron chi connectivity index (χ1n) is 8.34. The van der Waals surface area contributed by atoms with Crippen LogP contribution in [0.15, 0.2) is 48.5 Å². The number of rotatable bonds is 6. The lowest BCUT2D eigenvalue weighted by Crippen LogP contribution is -2.22. The van der Waals surface area contributed by atoms with Gasteiger partial charge in [-0.3, -0.25) is 9.59 Å². The second-order valence-electron chi connectivity index (χ2n) is 6.34. The summed E-state index contributed by atoms with van der Waals surface area (Å²) in [6.07, 6.45) is 0. The summed E-state index contributed by atoms with van der Waals surface area (Å²) in [6, 6.07) is 13.4. The lowest BCUT2D eigenvalue weighted by Gasteiger charge is -2.12. The molecule has 0 radical (unpaired) electrons. The molecule has 0 atom stereocenters. The molecule has 0 heterocycles. The van der Waals surface area contributed by atoms with Crippen LogP contribution in [0.1, 0.15) is 20.7 Å². The largest absolute Gasteiger partial charge is 0.452 e. The van der Waals surface area contributed by atoms with Crippen LogP contribution in [-0.4, -0.2) is 57.5 Å². The van der Waals surface area contributed by atoms with Gasteiger partial charge in [0.05, 0.1) is 5.56 Å².